The monoisotopic (exact) mass is 224 g/mol. The summed E-state index contributed by atoms with van der Waals surface area (Å²) in [4.78, 5) is 11.6. The summed E-state index contributed by atoms with van der Waals surface area (Å²) in [6.07, 6.45) is 3.77. The first kappa shape index (κ1) is 10.9. The highest BCUT2D eigenvalue weighted by Gasteiger charge is 2.29. The van der Waals surface area contributed by atoms with Gasteiger partial charge in [-0.3, -0.25) is 9.48 Å². The number of carbonyl (C=O) groups excluding carboxylic acids is 1. The molecule has 0 aromatic carbocycles. The van der Waals surface area contributed by atoms with Gasteiger partial charge >= 0.3 is 0 Å². The zero-order valence-corrected chi connectivity index (χ0v) is 9.22. The maximum atomic E-state index is 11.6. The zero-order valence-electron chi connectivity index (χ0n) is 9.22. The zero-order chi connectivity index (χ0) is 11.5. The Bertz CT molecular complexity index is 371. The van der Waals surface area contributed by atoms with E-state index in [-0.39, 0.29) is 18.5 Å². The van der Waals surface area contributed by atoms with E-state index in [9.17, 15) is 4.79 Å². The molecule has 3 N–H and O–H groups in total. The fourth-order valence-electron chi connectivity index (χ4n) is 1.76. The fraction of sp³-hybridized carbons (Fsp3) is 0.600. The molecule has 0 unspecified atom stereocenters. The molecule has 16 heavy (non-hydrogen) atoms. The molecule has 88 valence electrons. The molecule has 6 nitrogen and oxygen atoms in total. The molecule has 0 bridgehead atoms. The number of rotatable bonds is 4. The van der Waals surface area contributed by atoms with Crippen molar-refractivity contribution in [3.05, 3.63) is 12.3 Å². The van der Waals surface area contributed by atoms with Gasteiger partial charge in [-0.15, -0.1) is 0 Å². The molecule has 1 fully saturated rings. The Morgan fingerprint density at radius 3 is 3.06 bits per heavy atom. The van der Waals surface area contributed by atoms with Crippen LogP contribution in [0.3, 0.4) is 0 Å². The number of nitrogen functional groups attached to an aromatic ring is 1. The highest BCUT2D eigenvalue weighted by molar-refractivity contribution is 5.76. The summed E-state index contributed by atoms with van der Waals surface area (Å²) < 4.78 is 6.66. The molecule has 1 aliphatic carbocycles. The molecule has 0 saturated heterocycles. The molecule has 0 atom stereocenters. The third-order valence-electron chi connectivity index (χ3n) is 2.76. The average Bonchev–Trinajstić information content (AvgIpc) is 2.57. The van der Waals surface area contributed by atoms with Crippen molar-refractivity contribution in [1.82, 2.24) is 15.1 Å². The molecule has 0 spiro atoms. The molecule has 0 radical (unpaired) electrons. The lowest BCUT2D eigenvalue weighted by molar-refractivity contribution is -0.124. The van der Waals surface area contributed by atoms with Gasteiger partial charge in [0.15, 0.2) is 0 Å². The van der Waals surface area contributed by atoms with Crippen molar-refractivity contribution in [2.75, 3.05) is 12.8 Å². The van der Waals surface area contributed by atoms with E-state index in [2.05, 4.69) is 10.4 Å². The lowest BCUT2D eigenvalue weighted by Crippen LogP contribution is -2.48. The third-order valence-corrected chi connectivity index (χ3v) is 2.76. The van der Waals surface area contributed by atoms with Crippen LogP contribution in [0.1, 0.15) is 12.8 Å². The maximum Gasteiger partial charge on any atom is 0.241 e. The number of nitrogens with two attached hydrogens (primary N) is 1. The van der Waals surface area contributed by atoms with Crippen LogP contribution in [0, 0.1) is 0 Å². The first-order chi connectivity index (χ1) is 7.67. The van der Waals surface area contributed by atoms with Gasteiger partial charge in [0.2, 0.25) is 5.91 Å². The Labute approximate surface area is 93.8 Å². The van der Waals surface area contributed by atoms with E-state index in [1.807, 2.05) is 0 Å². The average molecular weight is 224 g/mol. The van der Waals surface area contributed by atoms with Gasteiger partial charge < -0.3 is 15.8 Å². The first-order valence-corrected chi connectivity index (χ1v) is 5.28. The Balaban J connectivity index is 1.73. The second-order valence-electron chi connectivity index (χ2n) is 4.03. The second-order valence-corrected chi connectivity index (χ2v) is 4.03. The minimum absolute atomic E-state index is 0.0392. The van der Waals surface area contributed by atoms with Crippen LogP contribution in [0.25, 0.3) is 0 Å². The van der Waals surface area contributed by atoms with Crippen molar-refractivity contribution in [1.29, 1.82) is 0 Å². The van der Waals surface area contributed by atoms with E-state index < -0.39 is 0 Å². The number of hydrogen-bond acceptors (Lipinski definition) is 4. The van der Waals surface area contributed by atoms with Gasteiger partial charge in [0.25, 0.3) is 0 Å². The predicted molar refractivity (Wildman–Crippen MR) is 58.6 cm³/mol. The molecule has 1 aliphatic rings. The smallest absolute Gasteiger partial charge is 0.241 e. The van der Waals surface area contributed by atoms with Gasteiger partial charge in [0, 0.05) is 19.3 Å². The summed E-state index contributed by atoms with van der Waals surface area (Å²) in [5.41, 5.74) is 5.45. The number of carbonyl (C=O) groups is 1. The molecule has 0 aliphatic heterocycles. The van der Waals surface area contributed by atoms with Gasteiger partial charge in [0.05, 0.1) is 6.10 Å². The quantitative estimate of drug-likeness (QED) is 0.739. The number of methoxy groups -OCH3 is 1. The number of ether oxygens (including phenoxy) is 1. The van der Waals surface area contributed by atoms with Crippen LogP contribution in [-0.4, -0.2) is 34.9 Å². The van der Waals surface area contributed by atoms with Gasteiger partial charge in [-0.2, -0.15) is 5.10 Å². The van der Waals surface area contributed by atoms with Crippen molar-refractivity contribution in [3.63, 3.8) is 0 Å². The highest BCUT2D eigenvalue weighted by atomic mass is 16.5. The molecule has 2 rings (SSSR count). The SMILES string of the molecule is COC1CC(NC(=O)Cn2ccc(N)n2)C1. The number of anilines is 1. The summed E-state index contributed by atoms with van der Waals surface area (Å²) in [5, 5.41) is 6.86. The van der Waals surface area contributed by atoms with E-state index in [4.69, 9.17) is 10.5 Å². The van der Waals surface area contributed by atoms with Gasteiger partial charge in [-0.25, -0.2) is 0 Å². The highest BCUT2D eigenvalue weighted by Crippen LogP contribution is 2.22. The Morgan fingerprint density at radius 2 is 2.50 bits per heavy atom. The third kappa shape index (κ3) is 2.52. The standard InChI is InChI=1S/C10H16N4O2/c1-16-8-4-7(5-8)12-10(15)6-14-3-2-9(11)13-14/h2-3,7-8H,4-6H2,1H3,(H2,11,13)(H,12,15). The van der Waals surface area contributed by atoms with Gasteiger partial charge in [-0.1, -0.05) is 0 Å². The second kappa shape index (κ2) is 4.52. The van der Waals surface area contributed by atoms with Crippen LogP contribution in [0.4, 0.5) is 5.82 Å². The van der Waals surface area contributed by atoms with Crippen molar-refractivity contribution < 1.29 is 9.53 Å². The van der Waals surface area contributed by atoms with E-state index >= 15 is 0 Å². The van der Waals surface area contributed by atoms with E-state index in [1.165, 1.54) is 4.68 Å². The molecule has 1 amide bonds. The number of amides is 1. The van der Waals surface area contributed by atoms with Crippen LogP contribution in [-0.2, 0) is 16.1 Å². The van der Waals surface area contributed by atoms with Crippen LogP contribution in [0.15, 0.2) is 12.3 Å². The first-order valence-electron chi connectivity index (χ1n) is 5.28. The van der Waals surface area contributed by atoms with E-state index in [1.54, 1.807) is 19.4 Å². The Morgan fingerprint density at radius 1 is 1.75 bits per heavy atom. The molecule has 1 aromatic rings. The van der Waals surface area contributed by atoms with Crippen molar-refractivity contribution >= 4 is 11.7 Å². The molecule has 1 saturated carbocycles. The van der Waals surface area contributed by atoms with Crippen LogP contribution >= 0.6 is 0 Å². The number of hydrogen-bond donors (Lipinski definition) is 2. The molecule has 1 aromatic heterocycles. The number of nitrogens with zero attached hydrogens (tertiary/aromatic N) is 2. The summed E-state index contributed by atoms with van der Waals surface area (Å²) >= 11 is 0. The normalized spacial score (nSPS) is 23.8. The van der Waals surface area contributed by atoms with Crippen molar-refractivity contribution in [2.45, 2.75) is 31.5 Å². The molecule has 1 heterocycles. The van der Waals surface area contributed by atoms with Crippen LogP contribution in [0.5, 0.6) is 0 Å². The Hall–Kier alpha value is -1.56. The van der Waals surface area contributed by atoms with Crippen LogP contribution < -0.4 is 11.1 Å². The van der Waals surface area contributed by atoms with Crippen molar-refractivity contribution in [2.24, 2.45) is 0 Å². The largest absolute Gasteiger partial charge is 0.382 e. The minimum atomic E-state index is -0.0392. The van der Waals surface area contributed by atoms with Crippen molar-refractivity contribution in [3.8, 4) is 0 Å². The molecular weight excluding hydrogens is 208 g/mol. The van der Waals surface area contributed by atoms with E-state index in [0.29, 0.717) is 11.9 Å². The molecular formula is C10H16N4O2. The number of nitrogens with one attached hydrogen (secondary N) is 1. The topological polar surface area (TPSA) is 82.2 Å². The van der Waals surface area contributed by atoms with Gasteiger partial charge in [-0.05, 0) is 18.9 Å². The summed E-state index contributed by atoms with van der Waals surface area (Å²) in [5.74, 6) is 0.388. The fourth-order valence-corrected chi connectivity index (χ4v) is 1.76. The minimum Gasteiger partial charge on any atom is -0.382 e. The summed E-state index contributed by atoms with van der Waals surface area (Å²) in [7, 11) is 1.69. The predicted octanol–water partition coefficient (Wildman–Crippen LogP) is -0.241. The summed E-state index contributed by atoms with van der Waals surface area (Å²) in [6, 6.07) is 1.91. The van der Waals surface area contributed by atoms with Gasteiger partial charge in [0.1, 0.15) is 12.4 Å². The lowest BCUT2D eigenvalue weighted by atomic mass is 9.89. The number of aromatic nitrogens is 2. The molecule has 6 heteroatoms. The van der Waals surface area contributed by atoms with Crippen LogP contribution in [0.2, 0.25) is 0 Å². The van der Waals surface area contributed by atoms with E-state index in [0.717, 1.165) is 12.8 Å². The Kier molecular flexibility index (Phi) is 3.09. The maximum absolute atomic E-state index is 11.6. The summed E-state index contributed by atoms with van der Waals surface area (Å²) in [6.45, 7) is 0.214. The lowest BCUT2D eigenvalue weighted by Gasteiger charge is -2.34.